The van der Waals surface area contributed by atoms with E-state index in [0.29, 0.717) is 47.9 Å². The monoisotopic (exact) mass is 941 g/mol. The molecule has 16 heteroatoms. The standard InChI is InChI=1S/C51H56FN9O4S2/c1-27-30(4)67-50-42(27)43(55-39(25-41(62)59(9)10)46-58-57-31(5)61(46)50)34-17-15-33(16-18-34)37-22-21-36(24-38(37)52)47(63)56-45(51(6,7)8)49(65)60-23-11-12-40(60)48(64)54-28(2)32-13-19-35(20-14-32)44-29(3)53-26-66-44/h13-22,24,26,28,39-40,45H,11-12,23,25H2,1-10H3,(H,54,64)(H,56,63). The Labute approximate surface area is 398 Å². The van der Waals surface area contributed by atoms with Crippen molar-refractivity contribution in [1.82, 2.24) is 40.2 Å². The number of carbonyl (C=O) groups is 4. The lowest BCUT2D eigenvalue weighted by atomic mass is 9.85. The summed E-state index contributed by atoms with van der Waals surface area (Å²) in [5.74, 6) is -0.614. The largest absolute Gasteiger partial charge is 0.349 e. The molecule has 0 aliphatic carbocycles. The minimum atomic E-state index is -0.993. The lowest BCUT2D eigenvalue weighted by Crippen LogP contribution is -2.57. The smallest absolute Gasteiger partial charge is 0.252 e. The van der Waals surface area contributed by atoms with Crippen molar-refractivity contribution in [2.75, 3.05) is 20.6 Å². The van der Waals surface area contributed by atoms with Gasteiger partial charge in [-0.15, -0.1) is 32.9 Å². The molecule has 1 saturated heterocycles. The number of rotatable bonds is 11. The topological polar surface area (TPSA) is 155 Å². The third-order valence-corrected chi connectivity index (χ3v) is 15.0. The molecule has 2 aliphatic rings. The minimum Gasteiger partial charge on any atom is -0.349 e. The molecule has 3 aromatic heterocycles. The molecule has 67 heavy (non-hydrogen) atoms. The highest BCUT2D eigenvalue weighted by Crippen LogP contribution is 2.40. The average Bonchev–Trinajstić information content (AvgIpc) is 4.09. The van der Waals surface area contributed by atoms with Crippen LogP contribution in [-0.4, -0.2) is 91.6 Å². The molecule has 8 rings (SSSR count). The summed E-state index contributed by atoms with van der Waals surface area (Å²) in [6.07, 6.45) is 1.25. The maximum atomic E-state index is 16.1. The van der Waals surface area contributed by atoms with Gasteiger partial charge in [0.05, 0.1) is 34.3 Å². The molecule has 2 aliphatic heterocycles. The van der Waals surface area contributed by atoms with Crippen molar-refractivity contribution >= 4 is 52.0 Å². The number of thiophene rings is 1. The summed E-state index contributed by atoms with van der Waals surface area (Å²) in [5, 5.41) is 15.8. The van der Waals surface area contributed by atoms with Crippen LogP contribution < -0.4 is 10.6 Å². The van der Waals surface area contributed by atoms with Crippen molar-refractivity contribution in [3.63, 3.8) is 0 Å². The van der Waals surface area contributed by atoms with E-state index in [9.17, 15) is 19.2 Å². The number of aliphatic imine (C=N–C) groups is 1. The van der Waals surface area contributed by atoms with Gasteiger partial charge in [-0.3, -0.25) is 28.7 Å². The van der Waals surface area contributed by atoms with Crippen molar-refractivity contribution in [2.45, 2.75) is 98.8 Å². The third-order valence-electron chi connectivity index (χ3n) is 12.8. The van der Waals surface area contributed by atoms with Gasteiger partial charge < -0.3 is 20.4 Å². The predicted molar refractivity (Wildman–Crippen MR) is 261 cm³/mol. The maximum absolute atomic E-state index is 16.1. The Bertz CT molecular complexity index is 2910. The number of likely N-dealkylation sites (tertiary alicyclic amines) is 1. The fourth-order valence-corrected chi connectivity index (χ4v) is 10.8. The zero-order chi connectivity index (χ0) is 48.1. The van der Waals surface area contributed by atoms with Gasteiger partial charge in [-0.05, 0) is 87.3 Å². The van der Waals surface area contributed by atoms with Gasteiger partial charge in [0.1, 0.15) is 34.8 Å². The molecule has 0 spiro atoms. The van der Waals surface area contributed by atoms with Gasteiger partial charge >= 0.3 is 0 Å². The van der Waals surface area contributed by atoms with Gasteiger partial charge in [-0.1, -0.05) is 75.4 Å². The van der Waals surface area contributed by atoms with Gasteiger partial charge in [0, 0.05) is 47.8 Å². The van der Waals surface area contributed by atoms with Crippen LogP contribution in [0.2, 0.25) is 0 Å². The van der Waals surface area contributed by atoms with E-state index in [2.05, 4.69) is 39.7 Å². The summed E-state index contributed by atoms with van der Waals surface area (Å²) in [4.78, 5) is 69.9. The van der Waals surface area contributed by atoms with Crippen LogP contribution in [0.3, 0.4) is 0 Å². The van der Waals surface area contributed by atoms with E-state index < -0.39 is 35.3 Å². The Kier molecular flexibility index (Phi) is 13.2. The SMILES string of the molecule is Cc1ncsc1-c1ccc(C(C)NC(=O)C2CCCN2C(=O)C(NC(=O)c2ccc(-c3ccc(C4=NC(CC(=O)N(C)C)c5nnc(C)n5-c5sc(C)c(C)c54)cc3)c(F)c2)C(C)(C)C)cc1. The van der Waals surface area contributed by atoms with Gasteiger partial charge in [0.2, 0.25) is 17.7 Å². The number of benzene rings is 3. The van der Waals surface area contributed by atoms with Crippen LogP contribution in [-0.2, 0) is 14.4 Å². The van der Waals surface area contributed by atoms with Crippen molar-refractivity contribution in [2.24, 2.45) is 10.4 Å². The van der Waals surface area contributed by atoms with Gasteiger partial charge in [0.15, 0.2) is 5.82 Å². The number of nitrogens with zero attached hydrogens (tertiary/aromatic N) is 7. The Balaban J connectivity index is 0.977. The van der Waals surface area contributed by atoms with E-state index in [4.69, 9.17) is 4.99 Å². The lowest BCUT2D eigenvalue weighted by molar-refractivity contribution is -0.142. The van der Waals surface area contributed by atoms with Crippen LogP contribution in [0.1, 0.15) is 114 Å². The molecule has 1 fully saturated rings. The quantitative estimate of drug-likeness (QED) is 0.132. The second-order valence-corrected chi connectivity index (χ2v) is 20.8. The Hall–Kier alpha value is -6.39. The van der Waals surface area contributed by atoms with Crippen LogP contribution in [0.4, 0.5) is 4.39 Å². The summed E-state index contributed by atoms with van der Waals surface area (Å²) in [5.41, 5.74) is 8.50. The Morgan fingerprint density at radius 1 is 0.910 bits per heavy atom. The van der Waals surface area contributed by atoms with Crippen LogP contribution in [0.5, 0.6) is 0 Å². The van der Waals surface area contributed by atoms with Crippen LogP contribution in [0.25, 0.3) is 26.6 Å². The second kappa shape index (κ2) is 18.7. The van der Waals surface area contributed by atoms with E-state index in [-0.39, 0.29) is 35.7 Å². The average molecular weight is 942 g/mol. The highest BCUT2D eigenvalue weighted by atomic mass is 32.1. The Morgan fingerprint density at radius 3 is 2.24 bits per heavy atom. The first-order chi connectivity index (χ1) is 31.8. The maximum Gasteiger partial charge on any atom is 0.252 e. The van der Waals surface area contributed by atoms with Gasteiger partial charge in [-0.2, -0.15) is 0 Å². The molecule has 4 amide bonds. The van der Waals surface area contributed by atoms with Gasteiger partial charge in [-0.25, -0.2) is 9.37 Å². The summed E-state index contributed by atoms with van der Waals surface area (Å²) in [6, 6.07) is 17.2. The summed E-state index contributed by atoms with van der Waals surface area (Å²) in [6.45, 7) is 15.8. The number of thiazole rings is 1. The molecule has 13 nitrogen and oxygen atoms in total. The highest BCUT2D eigenvalue weighted by molar-refractivity contribution is 7.15. The van der Waals surface area contributed by atoms with Crippen LogP contribution >= 0.6 is 22.7 Å². The molecule has 5 heterocycles. The normalized spacial score (nSPS) is 16.6. The van der Waals surface area contributed by atoms with Crippen LogP contribution in [0.15, 0.2) is 77.2 Å². The van der Waals surface area contributed by atoms with E-state index in [1.165, 1.54) is 6.07 Å². The van der Waals surface area contributed by atoms with Crippen LogP contribution in [0, 0.1) is 38.9 Å². The molecular formula is C51H56FN9O4S2. The summed E-state index contributed by atoms with van der Waals surface area (Å²) in [7, 11) is 3.43. The molecule has 0 radical (unpaired) electrons. The number of aromatic nitrogens is 4. The molecule has 6 aromatic rings. The Morgan fingerprint density at radius 2 is 1.60 bits per heavy atom. The molecule has 348 valence electrons. The number of hydrogen-bond acceptors (Lipinski definition) is 10. The van der Waals surface area contributed by atoms with Crippen molar-refractivity contribution in [3.8, 4) is 26.6 Å². The molecule has 0 bridgehead atoms. The molecule has 0 saturated carbocycles. The molecule has 2 N–H and O–H groups in total. The van der Waals surface area contributed by atoms with Crippen molar-refractivity contribution in [3.05, 3.63) is 128 Å². The van der Waals surface area contributed by atoms with Crippen molar-refractivity contribution in [1.29, 1.82) is 0 Å². The zero-order valence-corrected chi connectivity index (χ0v) is 41.2. The number of nitrogens with one attached hydrogen (secondary N) is 2. The zero-order valence-electron chi connectivity index (χ0n) is 39.5. The van der Waals surface area contributed by atoms with E-state index in [1.807, 2.05) is 100 Å². The number of hydrogen-bond donors (Lipinski definition) is 2. The molecule has 3 aromatic carbocycles. The molecule has 4 atom stereocenters. The number of fused-ring (bicyclic) bond motifs is 3. The molecule has 4 unspecified atom stereocenters. The number of aryl methyl sites for hydroxylation is 3. The summed E-state index contributed by atoms with van der Waals surface area (Å²) < 4.78 is 18.1. The minimum absolute atomic E-state index is 0.0604. The second-order valence-electron chi connectivity index (χ2n) is 18.7. The number of amides is 4. The van der Waals surface area contributed by atoms with E-state index >= 15 is 4.39 Å². The predicted octanol–water partition coefficient (Wildman–Crippen LogP) is 8.88. The number of halogens is 1. The summed E-state index contributed by atoms with van der Waals surface area (Å²) >= 11 is 3.21. The van der Waals surface area contributed by atoms with E-state index in [1.54, 1.807) is 58.7 Å². The fraction of sp³-hybridized carbons (Fsp3) is 0.373. The number of carbonyl (C=O) groups excluding carboxylic acids is 4. The highest BCUT2D eigenvalue weighted by Gasteiger charge is 2.42. The lowest BCUT2D eigenvalue weighted by Gasteiger charge is -2.35. The first-order valence-electron chi connectivity index (χ1n) is 22.5. The third kappa shape index (κ3) is 9.33. The first kappa shape index (κ1) is 47.1. The van der Waals surface area contributed by atoms with Crippen molar-refractivity contribution < 1.29 is 23.6 Å². The first-order valence-corrected chi connectivity index (χ1v) is 24.1. The van der Waals surface area contributed by atoms with Gasteiger partial charge in [0.25, 0.3) is 5.91 Å². The molecular weight excluding hydrogens is 886 g/mol. The fourth-order valence-electron chi connectivity index (χ4n) is 8.80. The van der Waals surface area contributed by atoms with E-state index in [0.717, 1.165) is 48.3 Å².